The van der Waals surface area contributed by atoms with Crippen molar-refractivity contribution in [3.63, 3.8) is 0 Å². The van der Waals surface area contributed by atoms with Gasteiger partial charge < -0.3 is 10.1 Å². The third-order valence-corrected chi connectivity index (χ3v) is 4.35. The minimum Gasteiger partial charge on any atom is -0.491 e. The Hall–Kier alpha value is -1.84. The molecule has 1 amide bonds. The summed E-state index contributed by atoms with van der Waals surface area (Å²) in [4.78, 5) is 24.5. The molecule has 0 aromatic heterocycles. The Morgan fingerprint density at radius 1 is 1.35 bits per heavy atom. The molecule has 0 bridgehead atoms. The maximum Gasteiger partial charge on any atom is 0.255 e. The minimum absolute atomic E-state index is 0.0998. The van der Waals surface area contributed by atoms with Crippen LogP contribution >= 0.6 is 0 Å². The second-order valence-corrected chi connectivity index (χ2v) is 5.69. The number of carbonyl (C=O) groups is 2. The molecule has 0 saturated heterocycles. The van der Waals surface area contributed by atoms with Crippen molar-refractivity contribution in [3.05, 3.63) is 29.3 Å². The zero-order valence-electron chi connectivity index (χ0n) is 11.6. The van der Waals surface area contributed by atoms with E-state index in [1.54, 1.807) is 18.2 Å². The summed E-state index contributed by atoms with van der Waals surface area (Å²) in [6.45, 7) is 3.09. The molecule has 2 atom stereocenters. The lowest BCUT2D eigenvalue weighted by molar-refractivity contribution is 0.0897. The summed E-state index contributed by atoms with van der Waals surface area (Å²) < 4.78 is 5.51. The molecule has 0 spiro atoms. The monoisotopic (exact) mass is 273 g/mol. The zero-order valence-corrected chi connectivity index (χ0v) is 11.6. The van der Waals surface area contributed by atoms with Gasteiger partial charge in [-0.15, -0.1) is 0 Å². The van der Waals surface area contributed by atoms with E-state index in [-0.39, 0.29) is 17.6 Å². The van der Waals surface area contributed by atoms with E-state index in [4.69, 9.17) is 4.74 Å². The van der Waals surface area contributed by atoms with Crippen molar-refractivity contribution in [2.75, 3.05) is 13.2 Å². The predicted molar refractivity (Wildman–Crippen MR) is 75.1 cm³/mol. The van der Waals surface area contributed by atoms with Crippen molar-refractivity contribution in [1.29, 1.82) is 0 Å². The van der Waals surface area contributed by atoms with E-state index >= 15 is 0 Å². The van der Waals surface area contributed by atoms with E-state index in [1.165, 1.54) is 0 Å². The number of nitrogens with one attached hydrogen (secondary N) is 1. The highest BCUT2D eigenvalue weighted by Gasteiger charge is 2.31. The van der Waals surface area contributed by atoms with Gasteiger partial charge in [0, 0.05) is 11.5 Å². The molecule has 1 aliphatic heterocycles. The van der Waals surface area contributed by atoms with Crippen LogP contribution in [-0.4, -0.2) is 24.8 Å². The fourth-order valence-corrected chi connectivity index (χ4v) is 3.16. The van der Waals surface area contributed by atoms with Gasteiger partial charge in [0.15, 0.2) is 5.78 Å². The first-order valence-corrected chi connectivity index (χ1v) is 7.26. The summed E-state index contributed by atoms with van der Waals surface area (Å²) in [5.74, 6) is 1.10. The highest BCUT2D eigenvalue weighted by Crippen LogP contribution is 2.34. The molecule has 20 heavy (non-hydrogen) atoms. The molecule has 1 aromatic rings. The topological polar surface area (TPSA) is 55.4 Å². The molecular weight excluding hydrogens is 254 g/mol. The molecule has 3 rings (SSSR count). The van der Waals surface area contributed by atoms with E-state index in [0.29, 0.717) is 35.9 Å². The molecule has 2 aliphatic rings. The molecule has 4 heteroatoms. The van der Waals surface area contributed by atoms with Crippen molar-refractivity contribution < 1.29 is 14.3 Å². The standard InChI is InChI=1S/C16H19NO3/c1-10-3-2-4-12(10)15(18)11-5-6-14-13(9-11)16(19)17-7-8-20-14/h5-6,9-10,12H,2-4,7-8H2,1H3,(H,17,19). The first-order valence-electron chi connectivity index (χ1n) is 7.26. The van der Waals surface area contributed by atoms with Gasteiger partial charge in [-0.1, -0.05) is 13.3 Å². The molecule has 2 unspecified atom stereocenters. The van der Waals surface area contributed by atoms with E-state index < -0.39 is 0 Å². The first kappa shape index (κ1) is 13.2. The number of Topliss-reactive ketones (excluding diaryl/α,β-unsaturated/α-hetero) is 1. The lowest BCUT2D eigenvalue weighted by Gasteiger charge is -2.15. The minimum atomic E-state index is -0.161. The number of benzene rings is 1. The fraction of sp³-hybridized carbons (Fsp3) is 0.500. The van der Waals surface area contributed by atoms with E-state index in [1.807, 2.05) is 0 Å². The van der Waals surface area contributed by atoms with Gasteiger partial charge >= 0.3 is 0 Å². The number of carbonyl (C=O) groups excluding carboxylic acids is 2. The Bertz CT molecular complexity index is 553. The maximum absolute atomic E-state index is 12.6. The van der Waals surface area contributed by atoms with Gasteiger partial charge in [0.2, 0.25) is 0 Å². The van der Waals surface area contributed by atoms with Gasteiger partial charge in [-0.3, -0.25) is 9.59 Å². The number of ether oxygens (including phenoxy) is 1. The van der Waals surface area contributed by atoms with Crippen LogP contribution < -0.4 is 10.1 Å². The van der Waals surface area contributed by atoms with E-state index in [9.17, 15) is 9.59 Å². The number of rotatable bonds is 2. The van der Waals surface area contributed by atoms with Crippen LogP contribution in [0.3, 0.4) is 0 Å². The number of hydrogen-bond donors (Lipinski definition) is 1. The van der Waals surface area contributed by atoms with Gasteiger partial charge in [-0.05, 0) is 37.0 Å². The summed E-state index contributed by atoms with van der Waals surface area (Å²) in [5, 5.41) is 2.77. The van der Waals surface area contributed by atoms with Gasteiger partial charge in [0.1, 0.15) is 12.4 Å². The molecule has 1 aromatic carbocycles. The van der Waals surface area contributed by atoms with Gasteiger partial charge in [-0.2, -0.15) is 0 Å². The van der Waals surface area contributed by atoms with Crippen LogP contribution in [0.15, 0.2) is 18.2 Å². The van der Waals surface area contributed by atoms with E-state index in [2.05, 4.69) is 12.2 Å². The second-order valence-electron chi connectivity index (χ2n) is 5.69. The van der Waals surface area contributed by atoms with Crippen molar-refractivity contribution in [1.82, 2.24) is 5.32 Å². The molecule has 1 aliphatic carbocycles. The normalized spacial score (nSPS) is 25.4. The van der Waals surface area contributed by atoms with Crippen molar-refractivity contribution in [3.8, 4) is 5.75 Å². The third-order valence-electron chi connectivity index (χ3n) is 4.35. The average molecular weight is 273 g/mol. The van der Waals surface area contributed by atoms with Crippen molar-refractivity contribution >= 4 is 11.7 Å². The van der Waals surface area contributed by atoms with Crippen LogP contribution in [0.2, 0.25) is 0 Å². The van der Waals surface area contributed by atoms with Gasteiger partial charge in [-0.25, -0.2) is 0 Å². The van der Waals surface area contributed by atoms with Crippen molar-refractivity contribution in [2.45, 2.75) is 26.2 Å². The Balaban J connectivity index is 1.91. The molecule has 1 fully saturated rings. The van der Waals surface area contributed by atoms with Crippen LogP contribution in [0.1, 0.15) is 46.9 Å². The predicted octanol–water partition coefficient (Wildman–Crippen LogP) is 2.43. The molecule has 1 saturated carbocycles. The van der Waals surface area contributed by atoms with Crippen LogP contribution in [0.4, 0.5) is 0 Å². The Morgan fingerprint density at radius 2 is 2.20 bits per heavy atom. The Morgan fingerprint density at radius 3 is 2.95 bits per heavy atom. The molecule has 1 heterocycles. The van der Waals surface area contributed by atoms with Crippen LogP contribution in [-0.2, 0) is 0 Å². The Kier molecular flexibility index (Phi) is 3.47. The summed E-state index contributed by atoms with van der Waals surface area (Å²) in [6, 6.07) is 5.21. The van der Waals surface area contributed by atoms with Crippen molar-refractivity contribution in [2.24, 2.45) is 11.8 Å². The first-order chi connectivity index (χ1) is 9.66. The van der Waals surface area contributed by atoms with Gasteiger partial charge in [0.05, 0.1) is 12.1 Å². The number of ketones is 1. The fourth-order valence-electron chi connectivity index (χ4n) is 3.16. The molecule has 1 N–H and O–H groups in total. The van der Waals surface area contributed by atoms with Crippen LogP contribution in [0.5, 0.6) is 5.75 Å². The van der Waals surface area contributed by atoms with Gasteiger partial charge in [0.25, 0.3) is 5.91 Å². The van der Waals surface area contributed by atoms with Crippen LogP contribution in [0.25, 0.3) is 0 Å². The second kappa shape index (κ2) is 5.27. The number of amides is 1. The summed E-state index contributed by atoms with van der Waals surface area (Å²) in [7, 11) is 0. The number of fused-ring (bicyclic) bond motifs is 1. The summed E-state index contributed by atoms with van der Waals surface area (Å²) in [5.41, 5.74) is 1.10. The highest BCUT2D eigenvalue weighted by molar-refractivity contribution is 6.03. The summed E-state index contributed by atoms with van der Waals surface area (Å²) in [6.07, 6.45) is 3.19. The smallest absolute Gasteiger partial charge is 0.255 e. The molecule has 4 nitrogen and oxygen atoms in total. The zero-order chi connectivity index (χ0) is 14.1. The quantitative estimate of drug-likeness (QED) is 0.842. The molecule has 106 valence electrons. The summed E-state index contributed by atoms with van der Waals surface area (Å²) >= 11 is 0. The van der Waals surface area contributed by atoms with Crippen LogP contribution in [0, 0.1) is 11.8 Å². The number of hydrogen-bond acceptors (Lipinski definition) is 3. The van der Waals surface area contributed by atoms with E-state index in [0.717, 1.165) is 19.3 Å². The lowest BCUT2D eigenvalue weighted by Crippen LogP contribution is -2.24. The average Bonchev–Trinajstić information content (AvgIpc) is 2.79. The SMILES string of the molecule is CC1CCCC1C(=O)c1ccc2c(c1)C(=O)NCCO2. The Labute approximate surface area is 118 Å². The molecular formula is C16H19NO3. The third kappa shape index (κ3) is 2.30. The maximum atomic E-state index is 12.6. The lowest BCUT2D eigenvalue weighted by atomic mass is 9.89. The highest BCUT2D eigenvalue weighted by atomic mass is 16.5. The largest absolute Gasteiger partial charge is 0.491 e. The molecule has 0 radical (unpaired) electrons.